The zero-order chi connectivity index (χ0) is 22.7. The molecule has 1 spiro atoms. The fraction of sp³-hybridized carbons (Fsp3) is 0.842. The van der Waals surface area contributed by atoms with Crippen LogP contribution in [0, 0.1) is 5.92 Å². The monoisotopic (exact) mass is 437 g/mol. The van der Waals surface area contributed by atoms with Crippen LogP contribution in [0.2, 0.25) is 0 Å². The van der Waals surface area contributed by atoms with Crippen LogP contribution < -0.4 is 5.32 Å². The van der Waals surface area contributed by atoms with Crippen molar-refractivity contribution in [3.63, 3.8) is 0 Å². The van der Waals surface area contributed by atoms with Crippen molar-refractivity contribution < 1.29 is 37.4 Å². The number of likely N-dealkylation sites (tertiary alicyclic amines) is 1. The number of carbonyl (C=O) groups is 3. The Balaban J connectivity index is 0.000000396. The minimum Gasteiger partial charge on any atom is -0.475 e. The molecule has 0 aromatic heterocycles. The van der Waals surface area contributed by atoms with Crippen LogP contribution in [0.25, 0.3) is 0 Å². The molecular formula is C19H30F3N3O5. The number of carbonyl (C=O) groups excluding carboxylic acids is 2. The maximum absolute atomic E-state index is 12.4. The molecule has 30 heavy (non-hydrogen) atoms. The first-order valence-corrected chi connectivity index (χ1v) is 10.1. The van der Waals surface area contributed by atoms with Crippen molar-refractivity contribution in [2.75, 3.05) is 33.3 Å². The van der Waals surface area contributed by atoms with Gasteiger partial charge in [0.1, 0.15) is 11.6 Å². The van der Waals surface area contributed by atoms with Gasteiger partial charge in [-0.2, -0.15) is 13.2 Å². The summed E-state index contributed by atoms with van der Waals surface area (Å²) in [5.41, 5.74) is -0.274. The van der Waals surface area contributed by atoms with Crippen molar-refractivity contribution in [2.24, 2.45) is 5.92 Å². The third-order valence-corrected chi connectivity index (χ3v) is 5.63. The average molecular weight is 437 g/mol. The molecule has 2 N–H and O–H groups in total. The number of hydrogen-bond donors (Lipinski definition) is 2. The Labute approximate surface area is 173 Å². The molecule has 11 heteroatoms. The summed E-state index contributed by atoms with van der Waals surface area (Å²) in [6.45, 7) is 6.25. The van der Waals surface area contributed by atoms with Gasteiger partial charge in [0.2, 0.25) is 11.8 Å². The summed E-state index contributed by atoms with van der Waals surface area (Å²) in [6.07, 6.45) is -0.464. The van der Waals surface area contributed by atoms with Crippen LogP contribution in [0.4, 0.5) is 13.2 Å². The van der Waals surface area contributed by atoms with E-state index in [1.165, 1.54) is 12.8 Å². The number of alkyl halides is 3. The van der Waals surface area contributed by atoms with E-state index in [4.69, 9.17) is 14.6 Å². The molecule has 1 atom stereocenters. The van der Waals surface area contributed by atoms with Gasteiger partial charge in [0.25, 0.3) is 0 Å². The number of aliphatic carboxylic acids is 1. The SMILES string of the molecule is CC(C)C(=O)N1CC2(C1)CN(C)C(C(=O)NC1CCCC1)CO2.O=C(O)C(F)(F)F. The van der Waals surface area contributed by atoms with E-state index in [1.807, 2.05) is 25.8 Å². The lowest BCUT2D eigenvalue weighted by atomic mass is 9.89. The molecule has 1 aliphatic carbocycles. The fourth-order valence-corrected chi connectivity index (χ4v) is 4.00. The highest BCUT2D eigenvalue weighted by Gasteiger charge is 2.51. The maximum Gasteiger partial charge on any atom is 0.490 e. The summed E-state index contributed by atoms with van der Waals surface area (Å²) in [6, 6.07) is 0.130. The van der Waals surface area contributed by atoms with Gasteiger partial charge < -0.3 is 20.1 Å². The van der Waals surface area contributed by atoms with Gasteiger partial charge in [-0.3, -0.25) is 14.5 Å². The third kappa shape index (κ3) is 6.07. The van der Waals surface area contributed by atoms with Gasteiger partial charge in [-0.15, -0.1) is 0 Å². The molecule has 3 fully saturated rings. The number of amides is 2. The highest BCUT2D eigenvalue weighted by atomic mass is 19.4. The van der Waals surface area contributed by atoms with Crippen molar-refractivity contribution in [1.82, 2.24) is 15.1 Å². The molecule has 172 valence electrons. The molecule has 2 amide bonds. The third-order valence-electron chi connectivity index (χ3n) is 5.63. The Bertz CT molecular complexity index is 644. The Morgan fingerprint density at radius 2 is 1.67 bits per heavy atom. The van der Waals surface area contributed by atoms with E-state index in [1.54, 1.807) is 0 Å². The van der Waals surface area contributed by atoms with Crippen molar-refractivity contribution in [3.8, 4) is 0 Å². The molecule has 0 radical (unpaired) electrons. The molecule has 0 bridgehead atoms. The topological polar surface area (TPSA) is 99.2 Å². The zero-order valence-corrected chi connectivity index (χ0v) is 17.5. The van der Waals surface area contributed by atoms with Gasteiger partial charge in [-0.25, -0.2) is 4.79 Å². The number of halogens is 3. The lowest BCUT2D eigenvalue weighted by Crippen LogP contribution is -2.73. The number of nitrogens with one attached hydrogen (secondary N) is 1. The number of carboxylic acids is 1. The molecule has 2 saturated heterocycles. The highest BCUT2D eigenvalue weighted by Crippen LogP contribution is 2.31. The van der Waals surface area contributed by atoms with Gasteiger partial charge in [0.05, 0.1) is 19.7 Å². The Hall–Kier alpha value is -1.88. The van der Waals surface area contributed by atoms with E-state index >= 15 is 0 Å². The number of carboxylic acid groups (broad SMARTS) is 1. The summed E-state index contributed by atoms with van der Waals surface area (Å²) in [5.74, 6) is -2.46. The van der Waals surface area contributed by atoms with Crippen molar-refractivity contribution in [1.29, 1.82) is 0 Å². The molecule has 0 aromatic rings. The van der Waals surface area contributed by atoms with Crippen LogP contribution >= 0.6 is 0 Å². The van der Waals surface area contributed by atoms with Crippen molar-refractivity contribution in [3.05, 3.63) is 0 Å². The second-order valence-electron chi connectivity index (χ2n) is 8.57. The first kappa shape index (κ1) is 24.4. The van der Waals surface area contributed by atoms with Crippen LogP contribution in [0.3, 0.4) is 0 Å². The summed E-state index contributed by atoms with van der Waals surface area (Å²) in [4.78, 5) is 37.3. The smallest absolute Gasteiger partial charge is 0.475 e. The van der Waals surface area contributed by atoms with Crippen LogP contribution in [-0.4, -0.2) is 89.8 Å². The van der Waals surface area contributed by atoms with E-state index < -0.39 is 12.1 Å². The number of nitrogens with zero attached hydrogens (tertiary/aromatic N) is 2. The summed E-state index contributed by atoms with van der Waals surface area (Å²) in [5, 5.41) is 10.3. The van der Waals surface area contributed by atoms with Crippen molar-refractivity contribution in [2.45, 2.75) is 63.4 Å². The Kier molecular flexibility index (Phi) is 7.73. The summed E-state index contributed by atoms with van der Waals surface area (Å²) in [7, 11) is 1.98. The van der Waals surface area contributed by atoms with E-state index in [0.717, 1.165) is 12.8 Å². The first-order valence-electron chi connectivity index (χ1n) is 10.1. The van der Waals surface area contributed by atoms with Crippen LogP contribution in [0.15, 0.2) is 0 Å². The number of likely N-dealkylation sites (N-methyl/N-ethyl adjacent to an activating group) is 1. The van der Waals surface area contributed by atoms with Crippen LogP contribution in [0.5, 0.6) is 0 Å². The molecule has 1 saturated carbocycles. The minimum absolute atomic E-state index is 0.0265. The lowest BCUT2D eigenvalue weighted by molar-refractivity contribution is -0.202. The van der Waals surface area contributed by atoms with E-state index in [0.29, 0.717) is 32.3 Å². The molecule has 2 aliphatic heterocycles. The summed E-state index contributed by atoms with van der Waals surface area (Å²) >= 11 is 0. The predicted molar refractivity (Wildman–Crippen MR) is 101 cm³/mol. The molecule has 3 rings (SSSR count). The van der Waals surface area contributed by atoms with Gasteiger partial charge in [-0.1, -0.05) is 26.7 Å². The number of morpholine rings is 1. The fourth-order valence-electron chi connectivity index (χ4n) is 4.00. The van der Waals surface area contributed by atoms with Gasteiger partial charge in [0.15, 0.2) is 0 Å². The van der Waals surface area contributed by atoms with Gasteiger partial charge in [-0.05, 0) is 19.9 Å². The summed E-state index contributed by atoms with van der Waals surface area (Å²) < 4.78 is 37.8. The van der Waals surface area contributed by atoms with Crippen molar-refractivity contribution >= 4 is 17.8 Å². The maximum atomic E-state index is 12.4. The molecule has 3 aliphatic rings. The quantitative estimate of drug-likeness (QED) is 0.690. The Morgan fingerprint density at radius 1 is 1.13 bits per heavy atom. The van der Waals surface area contributed by atoms with E-state index in [2.05, 4.69) is 10.2 Å². The van der Waals surface area contributed by atoms with E-state index in [9.17, 15) is 22.8 Å². The Morgan fingerprint density at radius 3 is 2.10 bits per heavy atom. The van der Waals surface area contributed by atoms with Gasteiger partial charge in [0, 0.05) is 18.5 Å². The first-order chi connectivity index (χ1) is 13.8. The lowest BCUT2D eigenvalue weighted by Gasteiger charge is -2.55. The molecule has 2 heterocycles. The standard InChI is InChI=1S/C17H29N3O3.C2HF3O2/c1-12(2)16(22)20-10-17(11-20)9-19(3)14(8-23-17)15(21)18-13-6-4-5-7-13;3-2(4,5)1(6)7/h12-14H,4-11H2,1-3H3,(H,18,21);(H,6,7). The molecule has 8 nitrogen and oxygen atoms in total. The van der Waals surface area contributed by atoms with Crippen LogP contribution in [0.1, 0.15) is 39.5 Å². The van der Waals surface area contributed by atoms with Crippen LogP contribution in [-0.2, 0) is 19.1 Å². The largest absolute Gasteiger partial charge is 0.490 e. The number of rotatable bonds is 3. The number of ether oxygens (including phenoxy) is 1. The molecule has 0 aromatic carbocycles. The average Bonchev–Trinajstić information content (AvgIpc) is 3.11. The normalized spacial score (nSPS) is 24.2. The zero-order valence-electron chi connectivity index (χ0n) is 17.5. The number of hydrogen-bond acceptors (Lipinski definition) is 5. The second-order valence-corrected chi connectivity index (χ2v) is 8.57. The second kappa shape index (κ2) is 9.51. The highest BCUT2D eigenvalue weighted by molar-refractivity contribution is 5.82. The van der Waals surface area contributed by atoms with Gasteiger partial charge >= 0.3 is 12.1 Å². The van der Waals surface area contributed by atoms with E-state index in [-0.39, 0.29) is 29.4 Å². The molecular weight excluding hydrogens is 407 g/mol. The molecule has 1 unspecified atom stereocenters. The minimum atomic E-state index is -5.08. The predicted octanol–water partition coefficient (Wildman–Crippen LogP) is 1.25.